The van der Waals surface area contributed by atoms with Gasteiger partial charge in [-0.05, 0) is 54.5 Å². The molecule has 19 heavy (non-hydrogen) atoms. The highest BCUT2D eigenvalue weighted by molar-refractivity contribution is 7.10. The fourth-order valence-electron chi connectivity index (χ4n) is 2.87. The molecule has 2 heterocycles. The van der Waals surface area contributed by atoms with E-state index >= 15 is 0 Å². The van der Waals surface area contributed by atoms with Crippen LogP contribution in [-0.4, -0.2) is 10.2 Å². The van der Waals surface area contributed by atoms with Crippen molar-refractivity contribution in [3.63, 3.8) is 0 Å². The molecule has 4 rings (SSSR count). The fraction of sp³-hybridized carbons (Fsp3) is 0.267. The van der Waals surface area contributed by atoms with Gasteiger partial charge in [0, 0.05) is 16.0 Å². The Morgan fingerprint density at radius 1 is 1.32 bits per heavy atom. The maximum Gasteiger partial charge on any atom is 0.0651 e. The van der Waals surface area contributed by atoms with Crippen molar-refractivity contribution >= 4 is 27.9 Å². The minimum Gasteiger partial charge on any atom is -0.378 e. The summed E-state index contributed by atoms with van der Waals surface area (Å²) >= 11 is 1.89. The molecular weight excluding hydrogens is 254 g/mol. The van der Waals surface area contributed by atoms with Crippen molar-refractivity contribution < 1.29 is 0 Å². The Balaban J connectivity index is 1.65. The lowest BCUT2D eigenvalue weighted by atomic mass is 9.94. The van der Waals surface area contributed by atoms with Gasteiger partial charge in [-0.25, -0.2) is 0 Å². The smallest absolute Gasteiger partial charge is 0.0651 e. The number of fused-ring (bicyclic) bond motifs is 2. The molecule has 1 aliphatic carbocycles. The zero-order valence-electron chi connectivity index (χ0n) is 10.5. The van der Waals surface area contributed by atoms with Crippen molar-refractivity contribution in [3.05, 3.63) is 46.3 Å². The number of nitrogens with zero attached hydrogens (tertiary/aromatic N) is 1. The van der Waals surface area contributed by atoms with E-state index in [-0.39, 0.29) is 0 Å². The summed E-state index contributed by atoms with van der Waals surface area (Å²) in [5.74, 6) is 0. The van der Waals surface area contributed by atoms with E-state index in [1.807, 2.05) is 17.5 Å². The first-order valence-electron chi connectivity index (χ1n) is 6.66. The zero-order valence-corrected chi connectivity index (χ0v) is 11.3. The maximum atomic E-state index is 4.07. The molecule has 2 aromatic heterocycles. The summed E-state index contributed by atoms with van der Waals surface area (Å²) in [7, 11) is 0. The van der Waals surface area contributed by atoms with E-state index in [4.69, 9.17) is 0 Å². The first kappa shape index (κ1) is 11.1. The molecule has 0 saturated carbocycles. The number of thiophene rings is 1. The monoisotopic (exact) mass is 269 g/mol. The van der Waals surface area contributed by atoms with Crippen LogP contribution < -0.4 is 5.32 Å². The Hall–Kier alpha value is -1.81. The van der Waals surface area contributed by atoms with Crippen LogP contribution in [0.3, 0.4) is 0 Å². The van der Waals surface area contributed by atoms with Gasteiger partial charge in [0.1, 0.15) is 0 Å². The number of hydrogen-bond acceptors (Lipinski definition) is 3. The Morgan fingerprint density at radius 2 is 2.32 bits per heavy atom. The molecule has 0 bridgehead atoms. The highest BCUT2D eigenvalue weighted by atomic mass is 32.1. The normalized spacial score (nSPS) is 18.4. The Labute approximate surface area is 115 Å². The van der Waals surface area contributed by atoms with Crippen LogP contribution in [0.4, 0.5) is 5.69 Å². The van der Waals surface area contributed by atoms with Gasteiger partial charge in [-0.1, -0.05) is 0 Å². The van der Waals surface area contributed by atoms with Crippen LogP contribution in [0.1, 0.15) is 29.3 Å². The van der Waals surface area contributed by atoms with E-state index in [1.165, 1.54) is 30.5 Å². The quantitative estimate of drug-likeness (QED) is 0.735. The van der Waals surface area contributed by atoms with Crippen LogP contribution in [0.5, 0.6) is 0 Å². The predicted octanol–water partition coefficient (Wildman–Crippen LogP) is 4.11. The average Bonchev–Trinajstić information content (AvgIpc) is 3.06. The summed E-state index contributed by atoms with van der Waals surface area (Å²) in [5, 5.41) is 14.1. The van der Waals surface area contributed by atoms with Crippen LogP contribution in [0, 0.1) is 0 Å². The van der Waals surface area contributed by atoms with Crippen molar-refractivity contribution in [2.75, 3.05) is 5.32 Å². The zero-order chi connectivity index (χ0) is 12.7. The number of aromatic nitrogens is 2. The van der Waals surface area contributed by atoms with Crippen LogP contribution in [-0.2, 0) is 6.42 Å². The van der Waals surface area contributed by atoms with Gasteiger partial charge in [0.2, 0.25) is 0 Å². The molecule has 2 N–H and O–H groups in total. The van der Waals surface area contributed by atoms with E-state index in [1.54, 1.807) is 4.88 Å². The van der Waals surface area contributed by atoms with Gasteiger partial charge in [0.15, 0.2) is 0 Å². The lowest BCUT2D eigenvalue weighted by molar-refractivity contribution is 0.609. The highest BCUT2D eigenvalue weighted by Gasteiger charge is 2.20. The summed E-state index contributed by atoms with van der Waals surface area (Å²) < 4.78 is 0. The summed E-state index contributed by atoms with van der Waals surface area (Å²) in [4.78, 5) is 1.55. The molecule has 96 valence electrons. The molecule has 1 aromatic carbocycles. The third kappa shape index (κ3) is 1.92. The van der Waals surface area contributed by atoms with Gasteiger partial charge < -0.3 is 5.32 Å². The number of rotatable bonds is 2. The molecule has 1 atom stereocenters. The van der Waals surface area contributed by atoms with Gasteiger partial charge in [0.25, 0.3) is 0 Å². The lowest BCUT2D eigenvalue weighted by Gasteiger charge is -2.24. The minimum absolute atomic E-state index is 0.458. The van der Waals surface area contributed by atoms with E-state index in [0.717, 1.165) is 10.9 Å². The summed E-state index contributed by atoms with van der Waals surface area (Å²) in [6.07, 6.45) is 5.61. The van der Waals surface area contributed by atoms with Gasteiger partial charge in [0.05, 0.1) is 17.8 Å². The standard InChI is InChI=1S/C15H15N3S/c1-2-14(12-6-7-19-15(12)3-1)17-11-4-5-13-10(8-11)9-16-18-13/h4-9,14,17H,1-3H2,(H,16,18). The third-order valence-corrected chi connectivity index (χ3v) is 4.83. The molecule has 0 saturated heterocycles. The van der Waals surface area contributed by atoms with Gasteiger partial charge in [-0.15, -0.1) is 11.3 Å². The topological polar surface area (TPSA) is 40.7 Å². The second-order valence-electron chi connectivity index (χ2n) is 5.06. The van der Waals surface area contributed by atoms with E-state index < -0.39 is 0 Å². The third-order valence-electron chi connectivity index (χ3n) is 3.83. The number of H-pyrrole nitrogens is 1. The molecule has 0 amide bonds. The number of nitrogens with one attached hydrogen (secondary N) is 2. The van der Waals surface area contributed by atoms with Crippen molar-refractivity contribution in [3.8, 4) is 0 Å². The Kier molecular flexibility index (Phi) is 2.55. The van der Waals surface area contributed by atoms with Crippen LogP contribution in [0.25, 0.3) is 10.9 Å². The average molecular weight is 269 g/mol. The molecule has 0 fully saturated rings. The van der Waals surface area contributed by atoms with Crippen LogP contribution >= 0.6 is 11.3 Å². The van der Waals surface area contributed by atoms with Crippen molar-refractivity contribution in [1.29, 1.82) is 0 Å². The van der Waals surface area contributed by atoms with Gasteiger partial charge in [-0.2, -0.15) is 5.10 Å². The van der Waals surface area contributed by atoms with E-state index in [0.29, 0.717) is 6.04 Å². The molecule has 4 heteroatoms. The molecule has 0 radical (unpaired) electrons. The van der Waals surface area contributed by atoms with E-state index in [2.05, 4.69) is 45.2 Å². The predicted molar refractivity (Wildman–Crippen MR) is 79.7 cm³/mol. The molecule has 0 aliphatic heterocycles. The van der Waals surface area contributed by atoms with E-state index in [9.17, 15) is 0 Å². The molecule has 1 unspecified atom stereocenters. The molecule has 3 aromatic rings. The van der Waals surface area contributed by atoms with Gasteiger partial charge in [-0.3, -0.25) is 5.10 Å². The lowest BCUT2D eigenvalue weighted by Crippen LogP contribution is -2.15. The first-order valence-corrected chi connectivity index (χ1v) is 7.54. The largest absolute Gasteiger partial charge is 0.378 e. The number of benzene rings is 1. The maximum absolute atomic E-state index is 4.07. The van der Waals surface area contributed by atoms with Crippen molar-refractivity contribution in [1.82, 2.24) is 10.2 Å². The first-order chi connectivity index (χ1) is 9.40. The molecular formula is C15H15N3S. The number of hydrogen-bond donors (Lipinski definition) is 2. The van der Waals surface area contributed by atoms with Crippen LogP contribution in [0.2, 0.25) is 0 Å². The molecule has 0 spiro atoms. The van der Waals surface area contributed by atoms with Crippen molar-refractivity contribution in [2.45, 2.75) is 25.3 Å². The van der Waals surface area contributed by atoms with Crippen LogP contribution in [0.15, 0.2) is 35.8 Å². The summed E-state index contributed by atoms with van der Waals surface area (Å²) in [6, 6.07) is 9.11. The summed E-state index contributed by atoms with van der Waals surface area (Å²) in [5.41, 5.74) is 3.76. The van der Waals surface area contributed by atoms with Crippen molar-refractivity contribution in [2.24, 2.45) is 0 Å². The fourth-order valence-corrected chi connectivity index (χ4v) is 3.86. The number of aryl methyl sites for hydroxylation is 1. The SMILES string of the molecule is c1cc2c(s1)CCCC2Nc1ccc2[nH]ncc2c1. The minimum atomic E-state index is 0.458. The highest BCUT2D eigenvalue weighted by Crippen LogP contribution is 2.35. The Bertz CT molecular complexity index is 713. The molecule has 1 aliphatic rings. The summed E-state index contributed by atoms with van der Waals surface area (Å²) in [6.45, 7) is 0. The number of anilines is 1. The Morgan fingerprint density at radius 3 is 3.32 bits per heavy atom. The van der Waals surface area contributed by atoms with Gasteiger partial charge >= 0.3 is 0 Å². The second-order valence-corrected chi connectivity index (χ2v) is 6.06. The second kappa shape index (κ2) is 4.38. The number of aromatic amines is 1. The molecule has 3 nitrogen and oxygen atoms in total.